The Bertz CT molecular complexity index is 648. The number of carbonyl (C=O) groups is 1. The smallest absolute Gasteiger partial charge is 0.306 e. The van der Waals surface area contributed by atoms with Crippen molar-refractivity contribution in [3.8, 4) is 5.75 Å². The second kappa shape index (κ2) is 5.00. The van der Waals surface area contributed by atoms with Gasteiger partial charge in [-0.2, -0.15) is 0 Å². The third kappa shape index (κ3) is 2.27. The van der Waals surface area contributed by atoms with Gasteiger partial charge in [0.25, 0.3) is 0 Å². The molecule has 2 heterocycles. The molecule has 2 aromatic rings. The number of aromatic nitrogens is 2. The van der Waals surface area contributed by atoms with Crippen LogP contribution in [-0.4, -0.2) is 25.7 Å². The van der Waals surface area contributed by atoms with Crippen molar-refractivity contribution in [1.82, 2.24) is 9.55 Å². The normalized spacial score (nSPS) is 17.7. The maximum atomic E-state index is 11.0. The van der Waals surface area contributed by atoms with Crippen LogP contribution in [0.1, 0.15) is 23.5 Å². The van der Waals surface area contributed by atoms with Gasteiger partial charge in [-0.05, 0) is 12.5 Å². The molecule has 0 radical (unpaired) electrons. The van der Waals surface area contributed by atoms with Gasteiger partial charge in [0.2, 0.25) is 0 Å². The molecule has 1 unspecified atom stereocenters. The fraction of sp³-hybridized carbons (Fsp3) is 0.333. The van der Waals surface area contributed by atoms with Gasteiger partial charge in [-0.1, -0.05) is 18.2 Å². The number of carboxylic acids is 1. The summed E-state index contributed by atoms with van der Waals surface area (Å²) in [5.41, 5.74) is 1.80. The Hall–Kier alpha value is -2.30. The average Bonchev–Trinajstić information content (AvgIpc) is 2.84. The fourth-order valence-electron chi connectivity index (χ4n) is 2.71. The highest BCUT2D eigenvalue weighted by Gasteiger charge is 2.26. The minimum atomic E-state index is -0.736. The van der Waals surface area contributed by atoms with E-state index in [1.807, 2.05) is 12.1 Å². The Labute approximate surface area is 116 Å². The van der Waals surface area contributed by atoms with Crippen LogP contribution >= 0.6 is 0 Å². The van der Waals surface area contributed by atoms with E-state index in [1.165, 1.54) is 0 Å². The second-order valence-corrected chi connectivity index (χ2v) is 5.15. The third-order valence-electron chi connectivity index (χ3n) is 3.87. The molecule has 0 fully saturated rings. The summed E-state index contributed by atoms with van der Waals surface area (Å²) in [5, 5.41) is 18.9. The summed E-state index contributed by atoms with van der Waals surface area (Å²) in [6.45, 7) is 0.676. The Morgan fingerprint density at radius 3 is 2.95 bits per heavy atom. The zero-order chi connectivity index (χ0) is 14.1. The van der Waals surface area contributed by atoms with Gasteiger partial charge >= 0.3 is 5.97 Å². The molecule has 2 N–H and O–H groups in total. The first-order valence-electron chi connectivity index (χ1n) is 6.68. The lowest BCUT2D eigenvalue weighted by Crippen LogP contribution is -2.26. The van der Waals surface area contributed by atoms with Crippen molar-refractivity contribution in [3.05, 3.63) is 47.5 Å². The second-order valence-electron chi connectivity index (χ2n) is 5.15. The maximum absolute atomic E-state index is 11.0. The molecule has 1 aromatic carbocycles. The van der Waals surface area contributed by atoms with Gasteiger partial charge in [0.05, 0.1) is 5.92 Å². The van der Waals surface area contributed by atoms with Crippen LogP contribution in [0.5, 0.6) is 5.75 Å². The summed E-state index contributed by atoms with van der Waals surface area (Å²) >= 11 is 0. The highest BCUT2D eigenvalue weighted by atomic mass is 16.4. The number of aliphatic carboxylic acids is 1. The van der Waals surface area contributed by atoms with Crippen LogP contribution in [0.25, 0.3) is 0 Å². The number of carboxylic acid groups (broad SMARTS) is 1. The van der Waals surface area contributed by atoms with E-state index in [0.717, 1.165) is 17.1 Å². The summed E-state index contributed by atoms with van der Waals surface area (Å²) in [6.07, 6.45) is 3.48. The molecule has 1 aliphatic heterocycles. The van der Waals surface area contributed by atoms with Crippen LogP contribution in [0.4, 0.5) is 0 Å². The molecule has 104 valence electrons. The topological polar surface area (TPSA) is 75.3 Å². The summed E-state index contributed by atoms with van der Waals surface area (Å²) in [6, 6.07) is 7.21. The predicted octanol–water partition coefficient (Wildman–Crippen LogP) is 1.83. The Morgan fingerprint density at radius 1 is 1.40 bits per heavy atom. The molecular formula is C15H16N2O3. The molecule has 1 aliphatic rings. The molecule has 1 atom stereocenters. The Morgan fingerprint density at radius 2 is 2.20 bits per heavy atom. The quantitative estimate of drug-likeness (QED) is 0.893. The molecule has 20 heavy (non-hydrogen) atoms. The van der Waals surface area contributed by atoms with Crippen LogP contribution < -0.4 is 0 Å². The number of aromatic hydroxyl groups is 1. The zero-order valence-corrected chi connectivity index (χ0v) is 11.0. The first-order chi connectivity index (χ1) is 9.65. The van der Waals surface area contributed by atoms with E-state index in [9.17, 15) is 9.90 Å². The largest absolute Gasteiger partial charge is 0.508 e. The van der Waals surface area contributed by atoms with Crippen LogP contribution in [0.2, 0.25) is 0 Å². The highest BCUT2D eigenvalue weighted by Crippen LogP contribution is 2.25. The van der Waals surface area contributed by atoms with Crippen molar-refractivity contribution in [3.63, 3.8) is 0 Å². The van der Waals surface area contributed by atoms with Crippen LogP contribution in [0, 0.1) is 5.92 Å². The van der Waals surface area contributed by atoms with Crippen LogP contribution in [-0.2, 0) is 24.2 Å². The van der Waals surface area contributed by atoms with Crippen molar-refractivity contribution in [2.45, 2.75) is 25.8 Å². The summed E-state index contributed by atoms with van der Waals surface area (Å²) in [4.78, 5) is 15.4. The van der Waals surface area contributed by atoms with E-state index in [-0.39, 0.29) is 11.7 Å². The fourth-order valence-corrected chi connectivity index (χ4v) is 2.71. The van der Waals surface area contributed by atoms with Gasteiger partial charge in [0, 0.05) is 36.8 Å². The number of rotatable bonds is 3. The molecule has 3 rings (SSSR count). The summed E-state index contributed by atoms with van der Waals surface area (Å²) in [7, 11) is 0. The first-order valence-corrected chi connectivity index (χ1v) is 6.68. The molecule has 5 heteroatoms. The molecule has 0 saturated heterocycles. The monoisotopic (exact) mass is 272 g/mol. The molecule has 0 bridgehead atoms. The van der Waals surface area contributed by atoms with E-state index >= 15 is 0 Å². The number of hydrogen-bond donors (Lipinski definition) is 2. The number of nitrogens with zero attached hydrogens (tertiary/aromatic N) is 2. The minimum Gasteiger partial charge on any atom is -0.508 e. The van der Waals surface area contributed by atoms with Gasteiger partial charge < -0.3 is 14.8 Å². The third-order valence-corrected chi connectivity index (χ3v) is 3.87. The number of phenols is 1. The first kappa shape index (κ1) is 12.7. The van der Waals surface area contributed by atoms with E-state index < -0.39 is 5.97 Å². The summed E-state index contributed by atoms with van der Waals surface area (Å²) < 4.78 is 2.08. The number of benzene rings is 1. The highest BCUT2D eigenvalue weighted by molar-refractivity contribution is 5.70. The average molecular weight is 272 g/mol. The van der Waals surface area contributed by atoms with Crippen molar-refractivity contribution in [1.29, 1.82) is 0 Å². The molecule has 0 aliphatic carbocycles. The lowest BCUT2D eigenvalue weighted by Gasteiger charge is -2.22. The van der Waals surface area contributed by atoms with Crippen LogP contribution in [0.15, 0.2) is 30.5 Å². The number of hydrogen-bond acceptors (Lipinski definition) is 3. The molecule has 5 nitrogen and oxygen atoms in total. The predicted molar refractivity (Wildman–Crippen MR) is 72.6 cm³/mol. The standard InChI is InChI=1S/C15H16N2O3/c18-13-4-2-1-3-10(13)8-14-16-9-12-7-11(15(19)20)5-6-17(12)14/h1-4,9,11,18H,5-8H2,(H,19,20). The Kier molecular flexibility index (Phi) is 3.18. The van der Waals surface area contributed by atoms with E-state index in [2.05, 4.69) is 9.55 Å². The van der Waals surface area contributed by atoms with E-state index in [1.54, 1.807) is 18.3 Å². The summed E-state index contributed by atoms with van der Waals surface area (Å²) in [5.74, 6) is 0.103. The van der Waals surface area contributed by atoms with Gasteiger partial charge in [0.1, 0.15) is 11.6 Å². The zero-order valence-electron chi connectivity index (χ0n) is 11.0. The van der Waals surface area contributed by atoms with Gasteiger partial charge in [-0.3, -0.25) is 4.79 Å². The number of phenolic OH excluding ortho intramolecular Hbond substituents is 1. The number of para-hydroxylation sites is 1. The molecule has 0 spiro atoms. The maximum Gasteiger partial charge on any atom is 0.306 e. The van der Waals surface area contributed by atoms with Gasteiger partial charge in [0.15, 0.2) is 0 Å². The number of fused-ring (bicyclic) bond motifs is 1. The van der Waals surface area contributed by atoms with Gasteiger partial charge in [-0.25, -0.2) is 4.98 Å². The molecule has 0 saturated carbocycles. The SMILES string of the molecule is O=C(O)C1CCn2c(cnc2Cc2ccccc2O)C1. The van der Waals surface area contributed by atoms with Crippen molar-refractivity contribution in [2.24, 2.45) is 5.92 Å². The molecular weight excluding hydrogens is 256 g/mol. The van der Waals surface area contributed by atoms with Crippen molar-refractivity contribution in [2.75, 3.05) is 0 Å². The van der Waals surface area contributed by atoms with E-state index in [0.29, 0.717) is 25.8 Å². The van der Waals surface area contributed by atoms with Gasteiger partial charge in [-0.15, -0.1) is 0 Å². The lowest BCUT2D eigenvalue weighted by atomic mass is 9.96. The van der Waals surface area contributed by atoms with Crippen molar-refractivity contribution >= 4 is 5.97 Å². The molecule has 0 amide bonds. The lowest BCUT2D eigenvalue weighted by molar-refractivity contribution is -0.142. The minimum absolute atomic E-state index is 0.268. The molecule has 1 aromatic heterocycles. The van der Waals surface area contributed by atoms with E-state index in [4.69, 9.17) is 5.11 Å². The van der Waals surface area contributed by atoms with Crippen LogP contribution in [0.3, 0.4) is 0 Å². The Balaban J connectivity index is 1.84. The van der Waals surface area contributed by atoms with Crippen molar-refractivity contribution < 1.29 is 15.0 Å². The number of imidazole rings is 1.